The van der Waals surface area contributed by atoms with Crippen molar-refractivity contribution in [3.05, 3.63) is 28.8 Å². The van der Waals surface area contributed by atoms with Crippen LogP contribution in [0.15, 0.2) is 12.1 Å². The average molecular weight is 285 g/mol. The van der Waals surface area contributed by atoms with E-state index in [1.54, 1.807) is 6.92 Å². The summed E-state index contributed by atoms with van der Waals surface area (Å²) in [5.41, 5.74) is 0.349. The Morgan fingerprint density at radius 3 is 2.65 bits per heavy atom. The van der Waals surface area contributed by atoms with Crippen LogP contribution in [0.25, 0.3) is 0 Å². The van der Waals surface area contributed by atoms with Crippen molar-refractivity contribution in [2.75, 3.05) is 6.61 Å². The number of carbonyl (C=O) groups is 1. The van der Waals surface area contributed by atoms with Crippen LogP contribution in [-0.2, 0) is 22.6 Å². The molecule has 1 rings (SSSR count). The van der Waals surface area contributed by atoms with Gasteiger partial charge in [-0.05, 0) is 24.6 Å². The van der Waals surface area contributed by atoms with E-state index in [0.717, 1.165) is 6.07 Å². The Morgan fingerprint density at radius 1 is 1.45 bits per heavy atom. The van der Waals surface area contributed by atoms with E-state index in [4.69, 9.17) is 15.1 Å². The smallest absolute Gasteiger partial charge is 0.387 e. The third kappa shape index (κ3) is 4.17. The topological polar surface area (TPSA) is 79.6 Å². The minimum atomic E-state index is -3.07. The van der Waals surface area contributed by atoms with Gasteiger partial charge in [-0.3, -0.25) is 4.79 Å². The molecule has 1 N–H and O–H groups in total. The number of hydrogen-bond donors (Lipinski definition) is 1. The molecule has 108 valence electrons. The second-order valence-electron chi connectivity index (χ2n) is 3.75. The molecule has 0 unspecified atom stereocenters. The highest BCUT2D eigenvalue weighted by atomic mass is 19.3. The fourth-order valence-corrected chi connectivity index (χ4v) is 1.61. The van der Waals surface area contributed by atoms with Crippen LogP contribution >= 0.6 is 0 Å². The third-order valence-corrected chi connectivity index (χ3v) is 2.43. The van der Waals surface area contributed by atoms with Crippen LogP contribution in [0.1, 0.15) is 23.6 Å². The molecule has 0 atom stereocenters. The van der Waals surface area contributed by atoms with Crippen LogP contribution in [0.5, 0.6) is 5.75 Å². The molecular formula is C13H13F2NO4. The average Bonchev–Trinajstić information content (AvgIpc) is 2.39. The van der Waals surface area contributed by atoms with E-state index in [2.05, 4.69) is 4.74 Å². The predicted molar refractivity (Wildman–Crippen MR) is 64.0 cm³/mol. The second kappa shape index (κ2) is 7.40. The maximum absolute atomic E-state index is 12.3. The second-order valence-corrected chi connectivity index (χ2v) is 3.75. The number of carbonyl (C=O) groups excluding carboxylic acids is 1. The van der Waals surface area contributed by atoms with Crippen LogP contribution in [-0.4, -0.2) is 24.3 Å². The van der Waals surface area contributed by atoms with Gasteiger partial charge in [0.1, 0.15) is 5.75 Å². The molecule has 1 aromatic rings. The van der Waals surface area contributed by atoms with Gasteiger partial charge in [0.05, 0.1) is 31.3 Å². The quantitative estimate of drug-likeness (QED) is 0.806. The van der Waals surface area contributed by atoms with Crippen molar-refractivity contribution in [2.24, 2.45) is 0 Å². The summed E-state index contributed by atoms with van der Waals surface area (Å²) in [6.45, 7) is -1.80. The van der Waals surface area contributed by atoms with Crippen LogP contribution in [0.2, 0.25) is 0 Å². The van der Waals surface area contributed by atoms with E-state index in [-0.39, 0.29) is 35.5 Å². The Balaban J connectivity index is 3.17. The van der Waals surface area contributed by atoms with Gasteiger partial charge in [0, 0.05) is 5.56 Å². The van der Waals surface area contributed by atoms with E-state index in [9.17, 15) is 13.6 Å². The molecule has 5 nitrogen and oxygen atoms in total. The van der Waals surface area contributed by atoms with Gasteiger partial charge in [-0.15, -0.1) is 0 Å². The number of aliphatic hydroxyl groups excluding tert-OH is 1. The monoisotopic (exact) mass is 285 g/mol. The van der Waals surface area contributed by atoms with Crippen molar-refractivity contribution in [2.45, 2.75) is 26.6 Å². The zero-order valence-electron chi connectivity index (χ0n) is 10.7. The van der Waals surface area contributed by atoms with Crippen molar-refractivity contribution in [1.82, 2.24) is 0 Å². The Labute approximate surface area is 114 Å². The van der Waals surface area contributed by atoms with Gasteiger partial charge in [0.25, 0.3) is 0 Å². The minimum absolute atomic E-state index is 0.0911. The summed E-state index contributed by atoms with van der Waals surface area (Å²) in [6.07, 6.45) is -0.295. The van der Waals surface area contributed by atoms with E-state index < -0.39 is 19.2 Å². The largest absolute Gasteiger partial charge is 0.466 e. The van der Waals surface area contributed by atoms with E-state index in [0.29, 0.717) is 0 Å². The predicted octanol–water partition coefficient (Wildman–Crippen LogP) is 1.76. The first-order valence-corrected chi connectivity index (χ1v) is 5.79. The van der Waals surface area contributed by atoms with Crippen molar-refractivity contribution in [3.8, 4) is 11.8 Å². The fraction of sp³-hybridized carbons (Fsp3) is 0.385. The van der Waals surface area contributed by atoms with Crippen LogP contribution in [0.4, 0.5) is 8.78 Å². The number of ether oxygens (including phenoxy) is 2. The van der Waals surface area contributed by atoms with Gasteiger partial charge in [0.15, 0.2) is 0 Å². The van der Waals surface area contributed by atoms with Crippen molar-refractivity contribution >= 4 is 5.97 Å². The summed E-state index contributed by atoms with van der Waals surface area (Å²) in [6, 6.07) is 4.18. The first kappa shape index (κ1) is 15.9. The highest BCUT2D eigenvalue weighted by Crippen LogP contribution is 2.26. The molecule has 0 aliphatic heterocycles. The first-order chi connectivity index (χ1) is 9.51. The highest BCUT2D eigenvalue weighted by Gasteiger charge is 2.17. The molecule has 0 aliphatic carbocycles. The standard InChI is InChI=1S/C13H13F2NO4/c1-2-19-12(18)5-8-3-9(6-16)10(7-17)4-11(8)20-13(14)15/h3-4,13,17H,2,5,7H2,1H3. The Hall–Kier alpha value is -2.20. The Kier molecular flexibility index (Phi) is 5.87. The zero-order valence-corrected chi connectivity index (χ0v) is 10.7. The lowest BCUT2D eigenvalue weighted by Crippen LogP contribution is -2.12. The van der Waals surface area contributed by atoms with Crippen LogP contribution < -0.4 is 4.74 Å². The summed E-state index contributed by atoms with van der Waals surface area (Å²) in [7, 11) is 0. The lowest BCUT2D eigenvalue weighted by atomic mass is 10.0. The number of rotatable bonds is 6. The van der Waals surface area contributed by atoms with Gasteiger partial charge < -0.3 is 14.6 Å². The molecule has 0 amide bonds. The molecule has 0 bridgehead atoms. The van der Waals surface area contributed by atoms with Gasteiger partial charge >= 0.3 is 12.6 Å². The number of halogens is 2. The molecule has 0 saturated carbocycles. The molecule has 0 aromatic heterocycles. The molecule has 0 fully saturated rings. The molecule has 7 heteroatoms. The normalized spacial score (nSPS) is 10.2. The zero-order chi connectivity index (χ0) is 15.1. The summed E-state index contributed by atoms with van der Waals surface area (Å²) in [5, 5.41) is 18.0. The molecule has 0 radical (unpaired) electrons. The third-order valence-electron chi connectivity index (χ3n) is 2.43. The fourth-order valence-electron chi connectivity index (χ4n) is 1.61. The van der Waals surface area contributed by atoms with E-state index in [1.807, 2.05) is 6.07 Å². The molecule has 1 aromatic carbocycles. The highest BCUT2D eigenvalue weighted by molar-refractivity contribution is 5.74. The number of benzene rings is 1. The molecule has 0 saturated heterocycles. The lowest BCUT2D eigenvalue weighted by molar-refractivity contribution is -0.142. The first-order valence-electron chi connectivity index (χ1n) is 5.79. The van der Waals surface area contributed by atoms with Crippen molar-refractivity contribution in [3.63, 3.8) is 0 Å². The van der Waals surface area contributed by atoms with E-state index >= 15 is 0 Å². The number of alkyl halides is 2. The number of hydrogen-bond acceptors (Lipinski definition) is 5. The molecule has 0 spiro atoms. The molecular weight excluding hydrogens is 272 g/mol. The summed E-state index contributed by atoms with van der Waals surface area (Å²) < 4.78 is 33.7. The lowest BCUT2D eigenvalue weighted by Gasteiger charge is -2.13. The van der Waals surface area contributed by atoms with Gasteiger partial charge in [-0.1, -0.05) is 0 Å². The summed E-state index contributed by atoms with van der Waals surface area (Å²) in [5.74, 6) is -0.872. The number of nitrogens with zero attached hydrogens (tertiary/aromatic N) is 1. The maximum Gasteiger partial charge on any atom is 0.387 e. The van der Waals surface area contributed by atoms with Gasteiger partial charge in [-0.2, -0.15) is 14.0 Å². The number of esters is 1. The van der Waals surface area contributed by atoms with E-state index in [1.165, 1.54) is 6.07 Å². The van der Waals surface area contributed by atoms with Crippen LogP contribution in [0.3, 0.4) is 0 Å². The summed E-state index contributed by atoms with van der Waals surface area (Å²) >= 11 is 0. The number of nitriles is 1. The SMILES string of the molecule is CCOC(=O)Cc1cc(C#N)c(CO)cc1OC(F)F. The number of aliphatic hydroxyl groups is 1. The summed E-state index contributed by atoms with van der Waals surface area (Å²) in [4.78, 5) is 11.4. The minimum Gasteiger partial charge on any atom is -0.466 e. The van der Waals surface area contributed by atoms with Crippen molar-refractivity contribution in [1.29, 1.82) is 5.26 Å². The van der Waals surface area contributed by atoms with Gasteiger partial charge in [-0.25, -0.2) is 0 Å². The van der Waals surface area contributed by atoms with Crippen LogP contribution in [0, 0.1) is 11.3 Å². The van der Waals surface area contributed by atoms with Crippen molar-refractivity contribution < 1.29 is 28.2 Å². The Bertz CT molecular complexity index is 526. The molecule has 20 heavy (non-hydrogen) atoms. The maximum atomic E-state index is 12.3. The molecule has 0 aliphatic rings. The van der Waals surface area contributed by atoms with Gasteiger partial charge in [0.2, 0.25) is 0 Å². The Morgan fingerprint density at radius 2 is 2.15 bits per heavy atom. The molecule has 0 heterocycles.